The summed E-state index contributed by atoms with van der Waals surface area (Å²) in [6.45, 7) is 0.245. The second-order valence-electron chi connectivity index (χ2n) is 7.11. The smallest absolute Gasteiger partial charge is 0.257 e. The first-order chi connectivity index (χ1) is 11.1. The average Bonchev–Trinajstić information content (AvgIpc) is 3.34. The van der Waals surface area contributed by atoms with E-state index in [-0.39, 0.29) is 24.1 Å². The van der Waals surface area contributed by atoms with Crippen molar-refractivity contribution >= 4 is 19.2 Å². The number of halogens is 1. The molecule has 3 rings (SSSR count). The lowest BCUT2D eigenvalue weighted by molar-refractivity contribution is 0.0573. The summed E-state index contributed by atoms with van der Waals surface area (Å²) < 4.78 is 14.2. The normalized spacial score (nSPS) is 24.4. The maximum Gasteiger partial charge on any atom is 0.257 e. The second kappa shape index (κ2) is 7.04. The van der Waals surface area contributed by atoms with Crippen molar-refractivity contribution in [2.24, 2.45) is 5.92 Å². The Morgan fingerprint density at radius 1 is 1.17 bits per heavy atom. The van der Waals surface area contributed by atoms with E-state index < -0.39 is 5.82 Å². The number of benzene rings is 1. The van der Waals surface area contributed by atoms with Crippen LogP contribution in [0.4, 0.5) is 4.39 Å². The van der Waals surface area contributed by atoms with E-state index in [4.69, 9.17) is 5.11 Å². The first-order valence-corrected chi connectivity index (χ1v) is 8.80. The summed E-state index contributed by atoms with van der Waals surface area (Å²) in [4.78, 5) is 14.9. The third-order valence-electron chi connectivity index (χ3n) is 5.28. The van der Waals surface area contributed by atoms with Gasteiger partial charge >= 0.3 is 0 Å². The molecule has 5 heteroatoms. The van der Waals surface area contributed by atoms with E-state index in [1.807, 2.05) is 12.7 Å². The Hall–Kier alpha value is -1.36. The molecule has 0 heterocycles. The van der Waals surface area contributed by atoms with Crippen LogP contribution in [0.25, 0.3) is 0 Å². The molecule has 2 fully saturated rings. The molecule has 0 aliphatic heterocycles. The molecule has 23 heavy (non-hydrogen) atoms. The SMILES string of the molecule is Bc1ccc(C(=O)N(C2CC2)[C@H]2CC[C@H](CCO)CC2)c(F)c1. The summed E-state index contributed by atoms with van der Waals surface area (Å²) in [7, 11) is 1.83. The lowest BCUT2D eigenvalue weighted by Gasteiger charge is -2.37. The van der Waals surface area contributed by atoms with Gasteiger partial charge in [-0.25, -0.2) is 4.39 Å². The van der Waals surface area contributed by atoms with Gasteiger partial charge in [0.25, 0.3) is 5.91 Å². The fourth-order valence-electron chi connectivity index (χ4n) is 3.81. The topological polar surface area (TPSA) is 40.5 Å². The Labute approximate surface area is 138 Å². The van der Waals surface area contributed by atoms with Gasteiger partial charge in [0.1, 0.15) is 13.7 Å². The highest BCUT2D eigenvalue weighted by Gasteiger charge is 2.39. The Morgan fingerprint density at radius 2 is 1.78 bits per heavy atom. The van der Waals surface area contributed by atoms with E-state index in [9.17, 15) is 9.18 Å². The van der Waals surface area contributed by atoms with Crippen molar-refractivity contribution in [1.82, 2.24) is 4.90 Å². The number of carbonyl (C=O) groups excluding carboxylic acids is 1. The standard InChI is InChI=1S/C18H25BFNO2/c19-13-3-8-16(17(20)11-13)18(23)21(15-6-7-15)14-4-1-12(2-5-14)9-10-22/h3,8,11-12,14-15,22H,1-2,4-7,9-10,19H2/t12-,14-. The number of amides is 1. The molecule has 2 saturated carbocycles. The number of carbonyl (C=O) groups is 1. The van der Waals surface area contributed by atoms with Gasteiger partial charge in [-0.3, -0.25) is 4.79 Å². The van der Waals surface area contributed by atoms with E-state index in [0.29, 0.717) is 12.0 Å². The zero-order valence-corrected chi connectivity index (χ0v) is 13.8. The van der Waals surface area contributed by atoms with Gasteiger partial charge in [0.2, 0.25) is 0 Å². The van der Waals surface area contributed by atoms with Crippen LogP contribution in [0.15, 0.2) is 18.2 Å². The second-order valence-corrected chi connectivity index (χ2v) is 7.11. The maximum atomic E-state index is 14.2. The van der Waals surface area contributed by atoms with Gasteiger partial charge in [-0.1, -0.05) is 11.5 Å². The Morgan fingerprint density at radius 3 is 2.30 bits per heavy atom. The van der Waals surface area contributed by atoms with Gasteiger partial charge in [-0.05, 0) is 63.0 Å². The molecule has 0 atom stereocenters. The summed E-state index contributed by atoms with van der Waals surface area (Å²) in [5.74, 6) is 0.0220. The van der Waals surface area contributed by atoms with Crippen LogP contribution in [0.5, 0.6) is 0 Å². The van der Waals surface area contributed by atoms with Crippen LogP contribution in [0.1, 0.15) is 55.3 Å². The van der Waals surface area contributed by atoms with E-state index >= 15 is 0 Å². The molecule has 2 aliphatic rings. The van der Waals surface area contributed by atoms with Crippen LogP contribution >= 0.6 is 0 Å². The van der Waals surface area contributed by atoms with E-state index in [1.54, 1.807) is 12.1 Å². The average molecular weight is 317 g/mol. The molecule has 0 saturated heterocycles. The van der Waals surface area contributed by atoms with Gasteiger partial charge < -0.3 is 10.0 Å². The minimum absolute atomic E-state index is 0.143. The van der Waals surface area contributed by atoms with Crippen LogP contribution < -0.4 is 5.46 Å². The highest BCUT2D eigenvalue weighted by Crippen LogP contribution is 2.37. The fraction of sp³-hybridized carbons (Fsp3) is 0.611. The molecule has 3 nitrogen and oxygen atoms in total. The van der Waals surface area contributed by atoms with E-state index in [1.165, 1.54) is 6.07 Å². The zero-order valence-electron chi connectivity index (χ0n) is 13.8. The van der Waals surface area contributed by atoms with Crippen molar-refractivity contribution in [2.45, 2.75) is 57.0 Å². The van der Waals surface area contributed by atoms with Gasteiger partial charge in [0.15, 0.2) is 0 Å². The first-order valence-electron chi connectivity index (χ1n) is 8.80. The molecule has 1 aromatic rings. The molecule has 1 aromatic carbocycles. The molecule has 0 aromatic heterocycles. The Bertz CT molecular complexity index is 568. The Kier molecular flexibility index (Phi) is 5.05. The molecule has 124 valence electrons. The largest absolute Gasteiger partial charge is 0.396 e. The van der Waals surface area contributed by atoms with Gasteiger partial charge in [-0.2, -0.15) is 0 Å². The third kappa shape index (κ3) is 3.77. The number of nitrogens with zero attached hydrogens (tertiary/aromatic N) is 1. The summed E-state index contributed by atoms with van der Waals surface area (Å²) in [6.07, 6.45) is 6.99. The Balaban J connectivity index is 1.73. The van der Waals surface area contributed by atoms with Crippen molar-refractivity contribution < 1.29 is 14.3 Å². The number of rotatable bonds is 5. The molecule has 1 N–H and O–H groups in total. The lowest BCUT2D eigenvalue weighted by atomic mass is 9.83. The number of hydrogen-bond acceptors (Lipinski definition) is 2. The van der Waals surface area contributed by atoms with Crippen LogP contribution in [0.3, 0.4) is 0 Å². The summed E-state index contributed by atoms with van der Waals surface area (Å²) >= 11 is 0. The van der Waals surface area contributed by atoms with E-state index in [2.05, 4.69) is 0 Å². The monoisotopic (exact) mass is 317 g/mol. The molecular formula is C18H25BFNO2. The summed E-state index contributed by atoms with van der Waals surface area (Å²) in [5, 5.41) is 9.08. The molecule has 1 amide bonds. The minimum atomic E-state index is -0.408. The minimum Gasteiger partial charge on any atom is -0.396 e. The number of hydrogen-bond donors (Lipinski definition) is 1. The van der Waals surface area contributed by atoms with Crippen molar-refractivity contribution in [3.8, 4) is 0 Å². The molecular weight excluding hydrogens is 292 g/mol. The fourth-order valence-corrected chi connectivity index (χ4v) is 3.81. The zero-order chi connectivity index (χ0) is 16.4. The van der Waals surface area contributed by atoms with Crippen LogP contribution in [-0.4, -0.2) is 42.5 Å². The molecule has 0 spiro atoms. The van der Waals surface area contributed by atoms with E-state index in [0.717, 1.165) is 50.4 Å². The summed E-state index contributed by atoms with van der Waals surface area (Å²) in [5.41, 5.74) is 1.04. The van der Waals surface area contributed by atoms with Gasteiger partial charge in [0, 0.05) is 18.7 Å². The third-order valence-corrected chi connectivity index (χ3v) is 5.28. The van der Waals surface area contributed by atoms with Gasteiger partial charge in [0.05, 0.1) is 5.56 Å². The van der Waals surface area contributed by atoms with Crippen molar-refractivity contribution in [2.75, 3.05) is 6.61 Å². The van der Waals surface area contributed by atoms with Crippen molar-refractivity contribution in [3.05, 3.63) is 29.6 Å². The highest BCUT2D eigenvalue weighted by atomic mass is 19.1. The lowest BCUT2D eigenvalue weighted by Crippen LogP contribution is -2.44. The predicted molar refractivity (Wildman–Crippen MR) is 91.2 cm³/mol. The molecule has 0 unspecified atom stereocenters. The quantitative estimate of drug-likeness (QED) is 0.839. The molecule has 2 aliphatic carbocycles. The number of aliphatic hydroxyl groups excluding tert-OH is 1. The van der Waals surface area contributed by atoms with Crippen LogP contribution in [0, 0.1) is 11.7 Å². The van der Waals surface area contributed by atoms with Crippen molar-refractivity contribution in [3.63, 3.8) is 0 Å². The van der Waals surface area contributed by atoms with Crippen LogP contribution in [-0.2, 0) is 0 Å². The van der Waals surface area contributed by atoms with Gasteiger partial charge in [-0.15, -0.1) is 0 Å². The maximum absolute atomic E-state index is 14.2. The summed E-state index contributed by atoms with van der Waals surface area (Å²) in [6, 6.07) is 5.39. The molecule has 0 radical (unpaired) electrons. The van der Waals surface area contributed by atoms with Crippen molar-refractivity contribution in [1.29, 1.82) is 0 Å². The predicted octanol–water partition coefficient (Wildman–Crippen LogP) is 1.63. The first kappa shape index (κ1) is 16.5. The molecule has 0 bridgehead atoms. The van der Waals surface area contributed by atoms with Crippen LogP contribution in [0.2, 0.25) is 0 Å². The number of aliphatic hydroxyl groups is 1. The highest BCUT2D eigenvalue weighted by molar-refractivity contribution is 6.32.